The van der Waals surface area contributed by atoms with Gasteiger partial charge < -0.3 is 20.9 Å². The van der Waals surface area contributed by atoms with Crippen LogP contribution in [0.25, 0.3) is 0 Å². The third-order valence-electron chi connectivity index (χ3n) is 2.49. The average Bonchev–Trinajstić information content (AvgIpc) is 2.65. The minimum absolute atomic E-state index is 0.391. The van der Waals surface area contributed by atoms with E-state index in [0.717, 1.165) is 5.69 Å². The molecule has 15 heavy (non-hydrogen) atoms. The molecule has 5 heteroatoms. The summed E-state index contributed by atoms with van der Waals surface area (Å²) in [5.41, 5.74) is 5.57. The van der Waals surface area contributed by atoms with E-state index in [2.05, 4.69) is 10.3 Å². The molecule has 0 saturated carbocycles. The molecule has 1 atom stereocenters. The number of aliphatic hydroxyl groups is 1. The number of nitrogens with one attached hydrogen (secondary N) is 1. The maximum atomic E-state index is 9.97. The zero-order valence-electron chi connectivity index (χ0n) is 8.44. The van der Waals surface area contributed by atoms with E-state index < -0.39 is 5.60 Å². The highest BCUT2D eigenvalue weighted by Gasteiger charge is 2.31. The van der Waals surface area contributed by atoms with E-state index in [1.54, 1.807) is 12.3 Å². The summed E-state index contributed by atoms with van der Waals surface area (Å²) in [5, 5.41) is 13.1. The SMILES string of the molecule is Nc1ccc(NCC2(O)CCOC2)cn1. The zero-order valence-corrected chi connectivity index (χ0v) is 8.44. The van der Waals surface area contributed by atoms with Crippen LogP contribution in [0.5, 0.6) is 0 Å². The molecule has 5 nitrogen and oxygen atoms in total. The van der Waals surface area contributed by atoms with Gasteiger partial charge in [0.25, 0.3) is 0 Å². The quantitative estimate of drug-likeness (QED) is 0.664. The number of hydrogen-bond donors (Lipinski definition) is 3. The second-order valence-corrected chi connectivity index (χ2v) is 3.85. The van der Waals surface area contributed by atoms with Crippen molar-refractivity contribution in [1.29, 1.82) is 0 Å². The van der Waals surface area contributed by atoms with Crippen molar-refractivity contribution < 1.29 is 9.84 Å². The Labute approximate surface area is 88.3 Å². The number of aromatic nitrogens is 1. The molecule has 1 fully saturated rings. The van der Waals surface area contributed by atoms with Crippen LogP contribution in [-0.2, 0) is 4.74 Å². The van der Waals surface area contributed by atoms with Gasteiger partial charge >= 0.3 is 0 Å². The first kappa shape index (κ1) is 10.2. The van der Waals surface area contributed by atoms with Crippen LogP contribution in [-0.4, -0.2) is 35.5 Å². The summed E-state index contributed by atoms with van der Waals surface area (Å²) in [6.07, 6.45) is 2.32. The van der Waals surface area contributed by atoms with Gasteiger partial charge in [0, 0.05) is 19.6 Å². The predicted octanol–water partition coefficient (Wildman–Crippen LogP) is 0.227. The monoisotopic (exact) mass is 209 g/mol. The van der Waals surface area contributed by atoms with Crippen molar-refractivity contribution in [3.63, 3.8) is 0 Å². The van der Waals surface area contributed by atoms with Crippen LogP contribution < -0.4 is 11.1 Å². The Morgan fingerprint density at radius 1 is 1.60 bits per heavy atom. The lowest BCUT2D eigenvalue weighted by Gasteiger charge is -2.21. The Kier molecular flexibility index (Phi) is 2.75. The van der Waals surface area contributed by atoms with Crippen LogP contribution in [0.4, 0.5) is 11.5 Å². The Morgan fingerprint density at radius 2 is 2.47 bits per heavy atom. The summed E-state index contributed by atoms with van der Waals surface area (Å²) in [7, 11) is 0. The number of anilines is 2. The van der Waals surface area contributed by atoms with Crippen LogP contribution in [0.1, 0.15) is 6.42 Å². The first-order chi connectivity index (χ1) is 7.18. The second kappa shape index (κ2) is 4.04. The highest BCUT2D eigenvalue weighted by atomic mass is 16.5. The molecular weight excluding hydrogens is 194 g/mol. The van der Waals surface area contributed by atoms with E-state index in [1.165, 1.54) is 0 Å². The van der Waals surface area contributed by atoms with E-state index in [9.17, 15) is 5.11 Å². The van der Waals surface area contributed by atoms with Crippen LogP contribution in [0.2, 0.25) is 0 Å². The molecule has 0 aliphatic carbocycles. The lowest BCUT2D eigenvalue weighted by Crippen LogP contribution is -2.37. The average molecular weight is 209 g/mol. The van der Waals surface area contributed by atoms with E-state index >= 15 is 0 Å². The van der Waals surface area contributed by atoms with Crippen molar-refractivity contribution in [3.05, 3.63) is 18.3 Å². The number of hydrogen-bond acceptors (Lipinski definition) is 5. The molecule has 0 amide bonds. The van der Waals surface area contributed by atoms with Crippen LogP contribution >= 0.6 is 0 Å². The summed E-state index contributed by atoms with van der Waals surface area (Å²) in [6.45, 7) is 1.49. The molecule has 0 spiro atoms. The van der Waals surface area contributed by atoms with Crippen molar-refractivity contribution in [2.75, 3.05) is 30.8 Å². The van der Waals surface area contributed by atoms with Gasteiger partial charge in [-0.25, -0.2) is 4.98 Å². The number of ether oxygens (including phenoxy) is 1. The standard InChI is InChI=1S/C10H15N3O2/c11-9-2-1-8(5-12-9)13-6-10(14)3-4-15-7-10/h1-2,5,13-14H,3-4,6-7H2,(H2,11,12). The van der Waals surface area contributed by atoms with Crippen molar-refractivity contribution in [2.45, 2.75) is 12.0 Å². The smallest absolute Gasteiger partial charge is 0.123 e. The second-order valence-electron chi connectivity index (χ2n) is 3.85. The molecule has 1 aliphatic heterocycles. The molecule has 0 aromatic carbocycles. The first-order valence-electron chi connectivity index (χ1n) is 4.94. The van der Waals surface area contributed by atoms with Crippen LogP contribution in [0.15, 0.2) is 18.3 Å². The van der Waals surface area contributed by atoms with Gasteiger partial charge in [-0.3, -0.25) is 0 Å². The maximum Gasteiger partial charge on any atom is 0.123 e. The van der Waals surface area contributed by atoms with E-state index in [1.807, 2.05) is 6.07 Å². The van der Waals surface area contributed by atoms with E-state index in [0.29, 0.717) is 32.0 Å². The minimum Gasteiger partial charge on any atom is -0.386 e. The number of nitrogens with zero attached hydrogens (tertiary/aromatic N) is 1. The van der Waals surface area contributed by atoms with Gasteiger partial charge in [0.05, 0.1) is 18.5 Å². The Hall–Kier alpha value is -1.33. The van der Waals surface area contributed by atoms with Crippen LogP contribution in [0, 0.1) is 0 Å². The van der Waals surface area contributed by atoms with Crippen molar-refractivity contribution in [1.82, 2.24) is 4.98 Å². The third kappa shape index (κ3) is 2.57. The fourth-order valence-electron chi connectivity index (χ4n) is 1.51. The van der Waals surface area contributed by atoms with Gasteiger partial charge in [-0.15, -0.1) is 0 Å². The highest BCUT2D eigenvalue weighted by molar-refractivity contribution is 5.45. The summed E-state index contributed by atoms with van der Waals surface area (Å²) in [4.78, 5) is 3.95. The van der Waals surface area contributed by atoms with Crippen LogP contribution in [0.3, 0.4) is 0 Å². The largest absolute Gasteiger partial charge is 0.386 e. The third-order valence-corrected chi connectivity index (χ3v) is 2.49. The Morgan fingerprint density at radius 3 is 3.07 bits per heavy atom. The molecular formula is C10H15N3O2. The zero-order chi connectivity index (χ0) is 10.7. The predicted molar refractivity (Wildman–Crippen MR) is 57.5 cm³/mol. The molecule has 2 rings (SSSR count). The van der Waals surface area contributed by atoms with Gasteiger partial charge in [-0.1, -0.05) is 0 Å². The fourth-order valence-corrected chi connectivity index (χ4v) is 1.51. The number of nitrogens with two attached hydrogens (primary N) is 1. The molecule has 1 aliphatic rings. The maximum absolute atomic E-state index is 9.97. The molecule has 1 aromatic rings. The highest BCUT2D eigenvalue weighted by Crippen LogP contribution is 2.19. The van der Waals surface area contributed by atoms with Crippen molar-refractivity contribution in [3.8, 4) is 0 Å². The van der Waals surface area contributed by atoms with Gasteiger partial charge in [-0.2, -0.15) is 0 Å². The van der Waals surface area contributed by atoms with E-state index in [4.69, 9.17) is 10.5 Å². The Balaban J connectivity index is 1.90. The van der Waals surface area contributed by atoms with E-state index in [-0.39, 0.29) is 0 Å². The number of pyridine rings is 1. The topological polar surface area (TPSA) is 80.4 Å². The molecule has 0 bridgehead atoms. The lowest BCUT2D eigenvalue weighted by molar-refractivity contribution is 0.0382. The molecule has 1 saturated heterocycles. The van der Waals surface area contributed by atoms with Crippen molar-refractivity contribution >= 4 is 11.5 Å². The Bertz CT molecular complexity index is 320. The summed E-state index contributed by atoms with van der Waals surface area (Å²) in [5.74, 6) is 0.489. The number of nitrogen functional groups attached to an aromatic ring is 1. The first-order valence-corrected chi connectivity index (χ1v) is 4.94. The van der Waals surface area contributed by atoms with Gasteiger partial charge in [0.2, 0.25) is 0 Å². The molecule has 2 heterocycles. The fraction of sp³-hybridized carbons (Fsp3) is 0.500. The summed E-state index contributed by atoms with van der Waals surface area (Å²) >= 11 is 0. The number of rotatable bonds is 3. The molecule has 1 unspecified atom stereocenters. The normalized spacial score (nSPS) is 25.4. The molecule has 82 valence electrons. The van der Waals surface area contributed by atoms with Gasteiger partial charge in [0.1, 0.15) is 11.4 Å². The van der Waals surface area contributed by atoms with Gasteiger partial charge in [-0.05, 0) is 12.1 Å². The molecule has 1 aromatic heterocycles. The lowest BCUT2D eigenvalue weighted by atomic mass is 10.0. The molecule has 0 radical (unpaired) electrons. The van der Waals surface area contributed by atoms with Crippen molar-refractivity contribution in [2.24, 2.45) is 0 Å². The van der Waals surface area contributed by atoms with Gasteiger partial charge in [0.15, 0.2) is 0 Å². The summed E-state index contributed by atoms with van der Waals surface area (Å²) < 4.78 is 5.14. The summed E-state index contributed by atoms with van der Waals surface area (Å²) in [6, 6.07) is 3.55. The molecule has 4 N–H and O–H groups in total. The minimum atomic E-state index is -0.749.